The smallest absolute Gasteiger partial charge is 0.230 e. The highest BCUT2D eigenvalue weighted by atomic mass is 32.2. The monoisotopic (exact) mass is 503 g/mol. The van der Waals surface area contributed by atoms with Gasteiger partial charge in [0.25, 0.3) is 0 Å². The Morgan fingerprint density at radius 1 is 0.886 bits per heavy atom. The lowest BCUT2D eigenvalue weighted by molar-refractivity contribution is -0.124. The van der Waals surface area contributed by atoms with Gasteiger partial charge in [-0.3, -0.25) is 4.79 Å². The summed E-state index contributed by atoms with van der Waals surface area (Å²) in [6.07, 6.45) is 7.10. The summed E-state index contributed by atoms with van der Waals surface area (Å²) in [6.45, 7) is -0.962. The van der Waals surface area contributed by atoms with Crippen molar-refractivity contribution in [2.75, 3.05) is 30.1 Å². The lowest BCUT2D eigenvalue weighted by Gasteiger charge is -2.41. The topological polar surface area (TPSA) is 115 Å². The Hall–Kier alpha value is -2.26. The van der Waals surface area contributed by atoms with Crippen LogP contribution >= 0.6 is 0 Å². The Morgan fingerprint density at radius 3 is 2.03 bits per heavy atom. The molecule has 192 valence electrons. The molecule has 1 unspecified atom stereocenters. The van der Waals surface area contributed by atoms with Crippen molar-refractivity contribution in [2.24, 2.45) is 0 Å². The van der Waals surface area contributed by atoms with Crippen LogP contribution in [0.1, 0.15) is 61.3 Å². The van der Waals surface area contributed by atoms with E-state index in [1.807, 2.05) is 41.3 Å². The van der Waals surface area contributed by atoms with Crippen LogP contribution in [0.5, 0.6) is 0 Å². The van der Waals surface area contributed by atoms with E-state index in [0.717, 1.165) is 42.5 Å². The number of aryl methyl sites for hydroxylation is 2. The Labute approximate surface area is 208 Å². The molecule has 0 bridgehead atoms. The van der Waals surface area contributed by atoms with E-state index in [2.05, 4.69) is 12.1 Å². The molecule has 0 radical (unpaired) electrons. The fourth-order valence-electron chi connectivity index (χ4n) is 4.37. The number of hydrogen-bond acceptors (Lipinski definition) is 6. The number of anilines is 1. The summed E-state index contributed by atoms with van der Waals surface area (Å²) in [5, 5.41) is 28.5. The maximum atomic E-state index is 12.4. The standard InChI is InChI=1S/C27H37NO6S/c1-35(33,34)17-5-3-2-4-6-21-9-13-24(14-10-21)28-25(18-26(28)31)23-11-7-22(8-12-23)15-16-27(32,19-29)20-30/h7-14,25,29-30,32H,2-6,15-20H2,1H3. The molecule has 0 spiro atoms. The second-order valence-electron chi connectivity index (χ2n) is 9.73. The van der Waals surface area contributed by atoms with Crippen LogP contribution in [0.25, 0.3) is 0 Å². The molecule has 0 saturated carbocycles. The van der Waals surface area contributed by atoms with Crippen LogP contribution < -0.4 is 4.90 Å². The molecule has 7 nitrogen and oxygen atoms in total. The van der Waals surface area contributed by atoms with Crippen molar-refractivity contribution in [1.82, 2.24) is 0 Å². The molecule has 1 heterocycles. The zero-order chi connectivity index (χ0) is 25.5. The molecule has 8 heteroatoms. The second-order valence-corrected chi connectivity index (χ2v) is 12.0. The van der Waals surface area contributed by atoms with Gasteiger partial charge < -0.3 is 20.2 Å². The van der Waals surface area contributed by atoms with E-state index in [1.54, 1.807) is 0 Å². The number of carbonyl (C=O) groups is 1. The third-order valence-electron chi connectivity index (χ3n) is 6.73. The van der Waals surface area contributed by atoms with Crippen molar-refractivity contribution in [3.8, 4) is 0 Å². The first-order valence-corrected chi connectivity index (χ1v) is 14.3. The minimum absolute atomic E-state index is 0.0101. The van der Waals surface area contributed by atoms with Crippen LogP contribution in [0, 0.1) is 0 Å². The summed E-state index contributed by atoms with van der Waals surface area (Å²) in [5.41, 5.74) is 2.65. The molecular weight excluding hydrogens is 466 g/mol. The van der Waals surface area contributed by atoms with E-state index >= 15 is 0 Å². The normalized spacial score (nSPS) is 16.4. The van der Waals surface area contributed by atoms with Gasteiger partial charge in [-0.05, 0) is 60.9 Å². The first-order valence-electron chi connectivity index (χ1n) is 12.3. The van der Waals surface area contributed by atoms with E-state index in [9.17, 15) is 28.5 Å². The first-order chi connectivity index (χ1) is 16.6. The van der Waals surface area contributed by atoms with Crippen molar-refractivity contribution < 1.29 is 28.5 Å². The van der Waals surface area contributed by atoms with Crippen molar-refractivity contribution in [3.05, 3.63) is 65.2 Å². The lowest BCUT2D eigenvalue weighted by Crippen LogP contribution is -2.46. The third kappa shape index (κ3) is 7.87. The third-order valence-corrected chi connectivity index (χ3v) is 7.76. The second kappa shape index (κ2) is 12.1. The highest BCUT2D eigenvalue weighted by Gasteiger charge is 2.38. The zero-order valence-corrected chi connectivity index (χ0v) is 21.2. The van der Waals surface area contributed by atoms with Gasteiger partial charge in [-0.2, -0.15) is 0 Å². The van der Waals surface area contributed by atoms with E-state index in [0.29, 0.717) is 19.3 Å². The molecule has 2 aromatic rings. The fraction of sp³-hybridized carbons (Fsp3) is 0.519. The average Bonchev–Trinajstić information content (AvgIpc) is 2.84. The quantitative estimate of drug-likeness (QED) is 0.270. The summed E-state index contributed by atoms with van der Waals surface area (Å²) in [7, 11) is -2.87. The van der Waals surface area contributed by atoms with Crippen molar-refractivity contribution in [3.63, 3.8) is 0 Å². The van der Waals surface area contributed by atoms with E-state index in [1.165, 1.54) is 11.8 Å². The summed E-state index contributed by atoms with van der Waals surface area (Å²) < 4.78 is 22.4. The molecule has 0 aliphatic carbocycles. The Morgan fingerprint density at radius 2 is 1.46 bits per heavy atom. The molecule has 2 aromatic carbocycles. The van der Waals surface area contributed by atoms with Crippen LogP contribution in [-0.4, -0.2) is 60.5 Å². The number of amides is 1. The van der Waals surface area contributed by atoms with E-state index in [4.69, 9.17) is 0 Å². The van der Waals surface area contributed by atoms with Gasteiger partial charge in [0.1, 0.15) is 15.4 Å². The molecule has 1 aliphatic rings. The Bertz CT molecular complexity index is 1060. The van der Waals surface area contributed by atoms with Crippen LogP contribution in [0.4, 0.5) is 5.69 Å². The van der Waals surface area contributed by atoms with Crippen molar-refractivity contribution in [2.45, 2.75) is 63.0 Å². The van der Waals surface area contributed by atoms with Crippen LogP contribution in [0.15, 0.2) is 48.5 Å². The lowest BCUT2D eigenvalue weighted by atomic mass is 9.91. The van der Waals surface area contributed by atoms with Crippen molar-refractivity contribution >= 4 is 21.4 Å². The predicted molar refractivity (Wildman–Crippen MR) is 137 cm³/mol. The minimum Gasteiger partial charge on any atom is -0.393 e. The maximum Gasteiger partial charge on any atom is 0.230 e. The van der Waals surface area contributed by atoms with Gasteiger partial charge in [0.2, 0.25) is 5.91 Å². The molecule has 1 amide bonds. The number of aliphatic hydroxyl groups excluding tert-OH is 2. The van der Waals surface area contributed by atoms with E-state index < -0.39 is 28.7 Å². The maximum absolute atomic E-state index is 12.4. The van der Waals surface area contributed by atoms with Crippen LogP contribution in [-0.2, 0) is 27.5 Å². The number of sulfone groups is 1. The van der Waals surface area contributed by atoms with Gasteiger partial charge in [0.15, 0.2) is 0 Å². The highest BCUT2D eigenvalue weighted by Crippen LogP contribution is 2.39. The van der Waals surface area contributed by atoms with Crippen molar-refractivity contribution in [1.29, 1.82) is 0 Å². The fourth-order valence-corrected chi connectivity index (χ4v) is 5.10. The van der Waals surface area contributed by atoms with E-state index in [-0.39, 0.29) is 24.1 Å². The van der Waals surface area contributed by atoms with Gasteiger partial charge in [0, 0.05) is 17.7 Å². The first kappa shape index (κ1) is 27.3. The number of rotatable bonds is 14. The molecular formula is C27H37NO6S. The predicted octanol–water partition coefficient (Wildman–Crippen LogP) is 2.96. The molecule has 3 N–H and O–H groups in total. The highest BCUT2D eigenvalue weighted by molar-refractivity contribution is 7.90. The number of benzene rings is 2. The molecule has 1 atom stereocenters. The largest absolute Gasteiger partial charge is 0.393 e. The van der Waals surface area contributed by atoms with Gasteiger partial charge >= 0.3 is 0 Å². The molecule has 3 rings (SSSR count). The molecule has 1 fully saturated rings. The number of nitrogens with zero attached hydrogens (tertiary/aromatic N) is 1. The number of β-lactam (4-membered cyclic amide) rings is 1. The zero-order valence-electron chi connectivity index (χ0n) is 20.4. The molecule has 1 aliphatic heterocycles. The van der Waals surface area contributed by atoms with Gasteiger partial charge in [-0.15, -0.1) is 0 Å². The summed E-state index contributed by atoms with van der Waals surface area (Å²) in [5.74, 6) is 0.348. The molecule has 0 aromatic heterocycles. The Kier molecular flexibility index (Phi) is 9.47. The SMILES string of the molecule is CS(=O)(=O)CCCCCCc1ccc(N2C(=O)CC2c2ccc(CCC(O)(CO)CO)cc2)cc1. The van der Waals surface area contributed by atoms with Crippen LogP contribution in [0.2, 0.25) is 0 Å². The number of unbranched alkanes of at least 4 members (excludes halogenated alkanes) is 3. The number of carbonyl (C=O) groups excluding carboxylic acids is 1. The summed E-state index contributed by atoms with van der Waals surface area (Å²) in [6, 6.07) is 16.0. The molecule has 35 heavy (non-hydrogen) atoms. The average molecular weight is 504 g/mol. The van der Waals surface area contributed by atoms with Gasteiger partial charge in [0.05, 0.1) is 25.7 Å². The van der Waals surface area contributed by atoms with Gasteiger partial charge in [-0.1, -0.05) is 49.2 Å². The summed E-state index contributed by atoms with van der Waals surface area (Å²) in [4.78, 5) is 14.2. The number of aliphatic hydroxyl groups is 3. The number of hydrogen-bond donors (Lipinski definition) is 3. The Balaban J connectivity index is 1.51. The van der Waals surface area contributed by atoms with Crippen LogP contribution in [0.3, 0.4) is 0 Å². The summed E-state index contributed by atoms with van der Waals surface area (Å²) >= 11 is 0. The minimum atomic E-state index is -2.87. The van der Waals surface area contributed by atoms with Gasteiger partial charge in [-0.25, -0.2) is 8.42 Å². The molecule has 1 saturated heterocycles.